The largest absolute Gasteiger partial charge is 0.493 e. The van der Waals surface area contributed by atoms with Crippen molar-refractivity contribution < 1.29 is 14.3 Å². The van der Waals surface area contributed by atoms with Crippen molar-refractivity contribution in [3.63, 3.8) is 0 Å². The zero-order valence-electron chi connectivity index (χ0n) is 13.3. The quantitative estimate of drug-likeness (QED) is 0.782. The Bertz CT molecular complexity index is 608. The van der Waals surface area contributed by atoms with Gasteiger partial charge in [0.1, 0.15) is 11.9 Å². The van der Waals surface area contributed by atoms with Gasteiger partial charge in [-0.05, 0) is 24.6 Å². The van der Waals surface area contributed by atoms with E-state index in [0.717, 1.165) is 11.3 Å². The van der Waals surface area contributed by atoms with E-state index in [1.807, 2.05) is 26.0 Å². The maximum atomic E-state index is 12.0. The molecule has 0 fully saturated rings. The van der Waals surface area contributed by atoms with Gasteiger partial charge in [0.15, 0.2) is 0 Å². The van der Waals surface area contributed by atoms with Crippen LogP contribution in [0.4, 0.5) is 0 Å². The summed E-state index contributed by atoms with van der Waals surface area (Å²) in [6, 6.07) is 9.56. The molecule has 0 amide bonds. The Morgan fingerprint density at radius 2 is 2.09 bits per heavy atom. The van der Waals surface area contributed by atoms with Gasteiger partial charge < -0.3 is 9.47 Å². The van der Waals surface area contributed by atoms with Crippen molar-refractivity contribution in [2.24, 2.45) is 5.92 Å². The molecule has 1 aromatic carbocycles. The second-order valence-corrected chi connectivity index (χ2v) is 5.67. The average Bonchev–Trinajstić information content (AvgIpc) is 2.92. The summed E-state index contributed by atoms with van der Waals surface area (Å²) in [5.41, 5.74) is 2.40. The van der Waals surface area contributed by atoms with Crippen LogP contribution in [-0.4, -0.2) is 18.7 Å². The fourth-order valence-electron chi connectivity index (χ4n) is 2.60. The highest BCUT2D eigenvalue weighted by molar-refractivity contribution is 5.89. The molecule has 116 valence electrons. The van der Waals surface area contributed by atoms with E-state index in [1.165, 1.54) is 0 Å². The number of carbonyl (C=O) groups excluding carboxylic acids is 1. The Labute approximate surface area is 131 Å². The molecule has 0 aliphatic carbocycles. The van der Waals surface area contributed by atoms with Crippen LogP contribution in [0.2, 0.25) is 0 Å². The minimum absolute atomic E-state index is 0.0512. The van der Waals surface area contributed by atoms with Crippen molar-refractivity contribution in [3.8, 4) is 6.07 Å². The molecule has 1 atom stereocenters. The lowest BCUT2D eigenvalue weighted by Crippen LogP contribution is -2.12. The lowest BCUT2D eigenvalue weighted by atomic mass is 10.0. The number of nitriles is 1. The van der Waals surface area contributed by atoms with Crippen molar-refractivity contribution in [1.82, 2.24) is 0 Å². The Morgan fingerprint density at radius 1 is 1.41 bits per heavy atom. The molecular formula is C18H21NO3. The number of benzene rings is 1. The molecule has 0 radical (unpaired) electrons. The van der Waals surface area contributed by atoms with Gasteiger partial charge in [-0.3, -0.25) is 0 Å². The van der Waals surface area contributed by atoms with E-state index in [4.69, 9.17) is 14.7 Å². The van der Waals surface area contributed by atoms with Crippen molar-refractivity contribution in [3.05, 3.63) is 46.7 Å². The van der Waals surface area contributed by atoms with Crippen LogP contribution < -0.4 is 0 Å². The molecule has 0 bridgehead atoms. The molecule has 1 unspecified atom stereocenters. The Morgan fingerprint density at radius 3 is 2.64 bits per heavy atom. The fraction of sp³-hybridized carbons (Fsp3) is 0.444. The summed E-state index contributed by atoms with van der Waals surface area (Å²) in [6.07, 6.45) is 1.24. The van der Waals surface area contributed by atoms with Crippen LogP contribution in [-0.2, 0) is 20.7 Å². The summed E-state index contributed by atoms with van der Waals surface area (Å²) >= 11 is 0. The van der Waals surface area contributed by atoms with Gasteiger partial charge in [0.05, 0.1) is 23.8 Å². The Balaban J connectivity index is 2.07. The zero-order valence-corrected chi connectivity index (χ0v) is 13.3. The summed E-state index contributed by atoms with van der Waals surface area (Å²) in [4.78, 5) is 12.0. The molecule has 0 spiro atoms. The van der Waals surface area contributed by atoms with Crippen LogP contribution in [0.25, 0.3) is 0 Å². The molecule has 22 heavy (non-hydrogen) atoms. The van der Waals surface area contributed by atoms with E-state index in [-0.39, 0.29) is 18.0 Å². The molecule has 1 aromatic rings. The first-order valence-electron chi connectivity index (χ1n) is 7.61. The van der Waals surface area contributed by atoms with Gasteiger partial charge >= 0.3 is 5.97 Å². The lowest BCUT2D eigenvalue weighted by molar-refractivity contribution is -0.138. The van der Waals surface area contributed by atoms with E-state index in [9.17, 15) is 4.79 Å². The van der Waals surface area contributed by atoms with Crippen LogP contribution >= 0.6 is 0 Å². The number of nitrogens with zero attached hydrogens (tertiary/aromatic N) is 1. The summed E-state index contributed by atoms with van der Waals surface area (Å²) in [5, 5.41) is 8.82. The van der Waals surface area contributed by atoms with Gasteiger partial charge in [0, 0.05) is 18.8 Å². The number of hydrogen-bond donors (Lipinski definition) is 0. The highest BCUT2D eigenvalue weighted by Crippen LogP contribution is 2.32. The van der Waals surface area contributed by atoms with Crippen LogP contribution in [0.1, 0.15) is 38.3 Å². The molecule has 0 saturated heterocycles. The van der Waals surface area contributed by atoms with Crippen molar-refractivity contribution in [2.45, 2.75) is 39.7 Å². The second-order valence-electron chi connectivity index (χ2n) is 5.67. The molecule has 4 nitrogen and oxygen atoms in total. The average molecular weight is 299 g/mol. The van der Waals surface area contributed by atoms with Gasteiger partial charge in [-0.1, -0.05) is 26.0 Å². The Kier molecular flexibility index (Phi) is 5.21. The monoisotopic (exact) mass is 299 g/mol. The maximum Gasteiger partial charge on any atom is 0.337 e. The minimum atomic E-state index is -0.270. The van der Waals surface area contributed by atoms with Crippen LogP contribution in [0.15, 0.2) is 35.6 Å². The number of rotatable bonds is 5. The summed E-state index contributed by atoms with van der Waals surface area (Å²) in [7, 11) is 0. The highest BCUT2D eigenvalue weighted by atomic mass is 16.5. The standard InChI is InChI=1S/C18H21NO3/c1-4-21-18(20)16-10-15(22-17(16)12(2)3)9-13-5-7-14(11-19)8-6-13/h5-8,12,15H,4,9-10H2,1-3H3. The normalized spacial score (nSPS) is 17.3. The Hall–Kier alpha value is -2.28. The van der Waals surface area contributed by atoms with Crippen molar-refractivity contribution in [2.75, 3.05) is 6.61 Å². The van der Waals surface area contributed by atoms with E-state index >= 15 is 0 Å². The highest BCUT2D eigenvalue weighted by Gasteiger charge is 2.32. The molecular weight excluding hydrogens is 278 g/mol. The summed E-state index contributed by atoms with van der Waals surface area (Å²) in [6.45, 7) is 6.20. The van der Waals surface area contributed by atoms with Crippen LogP contribution in [0.5, 0.6) is 0 Å². The fourth-order valence-corrected chi connectivity index (χ4v) is 2.60. The second kappa shape index (κ2) is 7.13. The van der Waals surface area contributed by atoms with E-state index < -0.39 is 0 Å². The van der Waals surface area contributed by atoms with Gasteiger partial charge in [0.2, 0.25) is 0 Å². The first-order valence-corrected chi connectivity index (χ1v) is 7.61. The van der Waals surface area contributed by atoms with E-state index in [0.29, 0.717) is 30.6 Å². The minimum Gasteiger partial charge on any atom is -0.493 e. The van der Waals surface area contributed by atoms with E-state index in [2.05, 4.69) is 6.07 Å². The SMILES string of the molecule is CCOC(=O)C1=C(C(C)C)OC(Cc2ccc(C#N)cc2)C1. The molecule has 0 aromatic heterocycles. The molecule has 4 heteroatoms. The van der Waals surface area contributed by atoms with E-state index in [1.54, 1.807) is 19.1 Å². The smallest absolute Gasteiger partial charge is 0.337 e. The molecule has 1 aliphatic rings. The van der Waals surface area contributed by atoms with Gasteiger partial charge in [-0.25, -0.2) is 4.79 Å². The zero-order chi connectivity index (χ0) is 16.1. The number of carbonyl (C=O) groups is 1. The molecule has 2 rings (SSSR count). The maximum absolute atomic E-state index is 12.0. The first kappa shape index (κ1) is 16.1. The third-order valence-corrected chi connectivity index (χ3v) is 3.62. The summed E-state index contributed by atoms with van der Waals surface area (Å²) < 4.78 is 11.1. The molecule has 1 aliphatic heterocycles. The first-order chi connectivity index (χ1) is 10.5. The molecule has 0 N–H and O–H groups in total. The third kappa shape index (κ3) is 3.67. The molecule has 0 saturated carbocycles. The van der Waals surface area contributed by atoms with Gasteiger partial charge in [0.25, 0.3) is 0 Å². The predicted octanol–water partition coefficient (Wildman–Crippen LogP) is 3.36. The lowest BCUT2D eigenvalue weighted by Gasteiger charge is -2.15. The summed E-state index contributed by atoms with van der Waals surface area (Å²) in [5.74, 6) is 0.635. The molecule has 1 heterocycles. The van der Waals surface area contributed by atoms with Crippen LogP contribution in [0.3, 0.4) is 0 Å². The van der Waals surface area contributed by atoms with Crippen molar-refractivity contribution in [1.29, 1.82) is 5.26 Å². The van der Waals surface area contributed by atoms with Crippen LogP contribution in [0, 0.1) is 17.2 Å². The van der Waals surface area contributed by atoms with Crippen molar-refractivity contribution >= 4 is 5.97 Å². The predicted molar refractivity (Wildman–Crippen MR) is 82.8 cm³/mol. The number of ether oxygens (including phenoxy) is 2. The number of allylic oxidation sites excluding steroid dienone is 1. The third-order valence-electron chi connectivity index (χ3n) is 3.62. The number of esters is 1. The van der Waals surface area contributed by atoms with Gasteiger partial charge in [-0.15, -0.1) is 0 Å². The number of hydrogen-bond acceptors (Lipinski definition) is 4. The topological polar surface area (TPSA) is 59.3 Å². The van der Waals surface area contributed by atoms with Gasteiger partial charge in [-0.2, -0.15) is 5.26 Å².